The molecule has 0 heterocycles. The lowest BCUT2D eigenvalue weighted by atomic mass is 10.1. The Morgan fingerprint density at radius 3 is 2.58 bits per heavy atom. The van der Waals surface area contributed by atoms with Crippen LogP contribution in [0.4, 0.5) is 10.1 Å². The van der Waals surface area contributed by atoms with Gasteiger partial charge in [0.05, 0.1) is 12.1 Å². The predicted octanol–water partition coefficient (Wildman–Crippen LogP) is 3.75. The number of amides is 2. The summed E-state index contributed by atoms with van der Waals surface area (Å²) < 4.78 is 13.8. The van der Waals surface area contributed by atoms with Crippen LogP contribution in [0.3, 0.4) is 0 Å². The molecule has 0 radical (unpaired) electrons. The molecule has 1 N–H and O–H groups in total. The normalized spacial score (nSPS) is 10.3. The Morgan fingerprint density at radius 2 is 1.92 bits per heavy atom. The van der Waals surface area contributed by atoms with Gasteiger partial charge in [-0.05, 0) is 36.2 Å². The van der Waals surface area contributed by atoms with Crippen LogP contribution < -0.4 is 5.32 Å². The van der Waals surface area contributed by atoms with Crippen molar-refractivity contribution in [3.05, 3.63) is 64.4 Å². The Bertz CT molecular complexity index is 764. The molecule has 6 heteroatoms. The van der Waals surface area contributed by atoms with Gasteiger partial charge in [0.1, 0.15) is 5.82 Å². The molecule has 24 heavy (non-hydrogen) atoms. The Balaban J connectivity index is 2.04. The SMILES string of the molecule is CCc1ccccc1NC(=O)CN(C)C(=O)c1ccc(Cl)cc1F. The second kappa shape index (κ2) is 7.93. The van der Waals surface area contributed by atoms with E-state index in [4.69, 9.17) is 11.6 Å². The van der Waals surface area contributed by atoms with Gasteiger partial charge in [-0.25, -0.2) is 4.39 Å². The molecule has 0 saturated carbocycles. The van der Waals surface area contributed by atoms with Crippen LogP contribution in [0.25, 0.3) is 0 Å². The molecule has 0 spiro atoms. The van der Waals surface area contributed by atoms with Crippen LogP contribution >= 0.6 is 11.6 Å². The summed E-state index contributed by atoms with van der Waals surface area (Å²) in [5.41, 5.74) is 1.59. The fraction of sp³-hybridized carbons (Fsp3) is 0.222. The van der Waals surface area contributed by atoms with Crippen molar-refractivity contribution in [2.45, 2.75) is 13.3 Å². The lowest BCUT2D eigenvalue weighted by Crippen LogP contribution is -2.35. The van der Waals surface area contributed by atoms with E-state index in [1.807, 2.05) is 25.1 Å². The molecule has 0 unspecified atom stereocenters. The Hall–Kier alpha value is -2.40. The second-order valence-corrected chi connectivity index (χ2v) is 5.78. The van der Waals surface area contributed by atoms with E-state index in [0.717, 1.165) is 23.0 Å². The summed E-state index contributed by atoms with van der Waals surface area (Å²) in [5.74, 6) is -1.64. The summed E-state index contributed by atoms with van der Waals surface area (Å²) in [4.78, 5) is 25.6. The van der Waals surface area contributed by atoms with Gasteiger partial charge in [0, 0.05) is 17.8 Å². The number of hydrogen-bond donors (Lipinski definition) is 1. The summed E-state index contributed by atoms with van der Waals surface area (Å²) in [6, 6.07) is 11.3. The summed E-state index contributed by atoms with van der Waals surface area (Å²) in [6.07, 6.45) is 0.779. The van der Waals surface area contributed by atoms with E-state index < -0.39 is 11.7 Å². The number of hydrogen-bond acceptors (Lipinski definition) is 2. The van der Waals surface area contributed by atoms with Gasteiger partial charge >= 0.3 is 0 Å². The largest absolute Gasteiger partial charge is 0.332 e. The maximum Gasteiger partial charge on any atom is 0.257 e. The zero-order chi connectivity index (χ0) is 17.7. The highest BCUT2D eigenvalue weighted by atomic mass is 35.5. The molecule has 2 aromatic rings. The molecule has 0 aliphatic carbocycles. The topological polar surface area (TPSA) is 49.4 Å². The zero-order valence-electron chi connectivity index (χ0n) is 13.5. The highest BCUT2D eigenvalue weighted by Gasteiger charge is 2.19. The number of rotatable bonds is 5. The van der Waals surface area contributed by atoms with E-state index in [2.05, 4.69) is 5.32 Å². The number of benzene rings is 2. The van der Waals surface area contributed by atoms with Crippen molar-refractivity contribution in [2.75, 3.05) is 18.9 Å². The van der Waals surface area contributed by atoms with Crippen molar-refractivity contribution in [2.24, 2.45) is 0 Å². The van der Waals surface area contributed by atoms with Gasteiger partial charge in [-0.2, -0.15) is 0 Å². The highest BCUT2D eigenvalue weighted by molar-refractivity contribution is 6.30. The van der Waals surface area contributed by atoms with E-state index in [9.17, 15) is 14.0 Å². The van der Waals surface area contributed by atoms with Crippen molar-refractivity contribution < 1.29 is 14.0 Å². The third kappa shape index (κ3) is 4.32. The smallest absolute Gasteiger partial charge is 0.257 e. The van der Waals surface area contributed by atoms with Crippen molar-refractivity contribution in [1.29, 1.82) is 0 Å². The monoisotopic (exact) mass is 348 g/mol. The molecular weight excluding hydrogens is 331 g/mol. The molecule has 0 aliphatic heterocycles. The first-order chi connectivity index (χ1) is 11.4. The molecule has 0 saturated heterocycles. The third-order valence-corrected chi connectivity index (χ3v) is 3.80. The maximum atomic E-state index is 13.8. The number of halogens is 2. The van der Waals surface area contributed by atoms with Crippen LogP contribution in [0.5, 0.6) is 0 Å². The van der Waals surface area contributed by atoms with Gasteiger partial charge in [-0.1, -0.05) is 36.7 Å². The number of para-hydroxylation sites is 1. The molecule has 2 rings (SSSR count). The molecule has 0 aromatic heterocycles. The number of anilines is 1. The van der Waals surface area contributed by atoms with E-state index in [-0.39, 0.29) is 23.0 Å². The minimum atomic E-state index is -0.712. The summed E-state index contributed by atoms with van der Waals surface area (Å²) in [5, 5.41) is 2.98. The third-order valence-electron chi connectivity index (χ3n) is 3.56. The van der Waals surface area contributed by atoms with Crippen molar-refractivity contribution in [3.63, 3.8) is 0 Å². The average molecular weight is 349 g/mol. The second-order valence-electron chi connectivity index (χ2n) is 5.34. The fourth-order valence-electron chi connectivity index (χ4n) is 2.30. The summed E-state index contributed by atoms with van der Waals surface area (Å²) in [7, 11) is 1.45. The van der Waals surface area contributed by atoms with Gasteiger partial charge in [-0.3, -0.25) is 9.59 Å². The Kier molecular flexibility index (Phi) is 5.93. The Labute approximate surface area is 145 Å². The molecule has 126 valence electrons. The first-order valence-corrected chi connectivity index (χ1v) is 7.88. The average Bonchev–Trinajstić information content (AvgIpc) is 2.54. The molecule has 0 fully saturated rings. The van der Waals surface area contributed by atoms with E-state index in [0.29, 0.717) is 5.69 Å². The number of aryl methyl sites for hydroxylation is 1. The molecule has 0 atom stereocenters. The van der Waals surface area contributed by atoms with Crippen molar-refractivity contribution in [3.8, 4) is 0 Å². The Morgan fingerprint density at radius 1 is 1.21 bits per heavy atom. The standard InChI is InChI=1S/C18H18ClFN2O2/c1-3-12-6-4-5-7-16(12)21-17(23)11-22(2)18(24)14-9-8-13(19)10-15(14)20/h4-10H,3,11H2,1-2H3,(H,21,23). The minimum Gasteiger partial charge on any atom is -0.332 e. The maximum absolute atomic E-state index is 13.8. The van der Waals surface area contributed by atoms with Gasteiger partial charge in [0.25, 0.3) is 5.91 Å². The van der Waals surface area contributed by atoms with Crippen molar-refractivity contribution >= 4 is 29.1 Å². The van der Waals surface area contributed by atoms with E-state index >= 15 is 0 Å². The van der Waals surface area contributed by atoms with Crippen LogP contribution in [0.2, 0.25) is 5.02 Å². The highest BCUT2D eigenvalue weighted by Crippen LogP contribution is 2.17. The molecular formula is C18H18ClFN2O2. The van der Waals surface area contributed by atoms with E-state index in [1.54, 1.807) is 6.07 Å². The molecule has 0 bridgehead atoms. The van der Waals surface area contributed by atoms with Crippen LogP contribution in [0.15, 0.2) is 42.5 Å². The number of carbonyl (C=O) groups excluding carboxylic acids is 2. The van der Waals surface area contributed by atoms with Crippen LogP contribution in [0.1, 0.15) is 22.8 Å². The summed E-state index contributed by atoms with van der Waals surface area (Å²) >= 11 is 5.68. The summed E-state index contributed by atoms with van der Waals surface area (Å²) in [6.45, 7) is 1.81. The fourth-order valence-corrected chi connectivity index (χ4v) is 2.45. The first kappa shape index (κ1) is 17.9. The van der Waals surface area contributed by atoms with Crippen molar-refractivity contribution in [1.82, 2.24) is 4.90 Å². The van der Waals surface area contributed by atoms with Crippen LogP contribution in [0, 0.1) is 5.82 Å². The number of nitrogens with zero attached hydrogens (tertiary/aromatic N) is 1. The molecule has 0 aliphatic rings. The predicted molar refractivity (Wildman–Crippen MR) is 92.8 cm³/mol. The molecule has 4 nitrogen and oxygen atoms in total. The number of carbonyl (C=O) groups is 2. The quantitative estimate of drug-likeness (QED) is 0.894. The lowest BCUT2D eigenvalue weighted by molar-refractivity contribution is -0.116. The van der Waals surface area contributed by atoms with Gasteiger partial charge in [0.15, 0.2) is 0 Å². The van der Waals surface area contributed by atoms with Gasteiger partial charge in [-0.15, -0.1) is 0 Å². The van der Waals surface area contributed by atoms with Gasteiger partial charge < -0.3 is 10.2 Å². The molecule has 2 aromatic carbocycles. The van der Waals surface area contributed by atoms with Gasteiger partial charge in [0.2, 0.25) is 5.91 Å². The first-order valence-electron chi connectivity index (χ1n) is 7.50. The lowest BCUT2D eigenvalue weighted by Gasteiger charge is -2.18. The number of likely N-dealkylation sites (N-methyl/N-ethyl adjacent to an activating group) is 1. The molecule has 2 amide bonds. The minimum absolute atomic E-state index is 0.122. The number of nitrogens with one attached hydrogen (secondary N) is 1. The zero-order valence-corrected chi connectivity index (χ0v) is 14.2. The van der Waals surface area contributed by atoms with E-state index in [1.165, 1.54) is 19.2 Å². The van der Waals surface area contributed by atoms with Crippen LogP contribution in [-0.4, -0.2) is 30.3 Å². The van der Waals surface area contributed by atoms with Crippen LogP contribution in [-0.2, 0) is 11.2 Å².